The molecule has 32 heavy (non-hydrogen) atoms. The van der Waals surface area contributed by atoms with Crippen molar-refractivity contribution in [2.45, 2.75) is 19.4 Å². The highest BCUT2D eigenvalue weighted by molar-refractivity contribution is 6.04. The fraction of sp³-hybridized carbons (Fsp3) is 0.273. The Labute approximate surface area is 181 Å². The van der Waals surface area contributed by atoms with Crippen LogP contribution in [0.1, 0.15) is 34.7 Å². The summed E-state index contributed by atoms with van der Waals surface area (Å²) in [4.78, 5) is 19.4. The van der Waals surface area contributed by atoms with Crippen molar-refractivity contribution in [2.24, 2.45) is 14.1 Å². The van der Waals surface area contributed by atoms with Gasteiger partial charge in [0.2, 0.25) is 0 Å². The predicted molar refractivity (Wildman–Crippen MR) is 110 cm³/mol. The van der Waals surface area contributed by atoms with Gasteiger partial charge in [0.15, 0.2) is 23.1 Å². The summed E-state index contributed by atoms with van der Waals surface area (Å²) in [5.74, 6) is -4.27. The van der Waals surface area contributed by atoms with Gasteiger partial charge < -0.3 is 4.90 Å². The van der Waals surface area contributed by atoms with Gasteiger partial charge in [-0.3, -0.25) is 14.2 Å². The number of carbonyl (C=O) groups excluding carboxylic acids is 1. The van der Waals surface area contributed by atoms with Crippen molar-refractivity contribution in [3.05, 3.63) is 65.0 Å². The summed E-state index contributed by atoms with van der Waals surface area (Å²) in [5.41, 5.74) is 3.06. The van der Waals surface area contributed by atoms with E-state index < -0.39 is 23.5 Å². The number of halogens is 3. The molecule has 0 saturated carbocycles. The Morgan fingerprint density at radius 2 is 1.84 bits per heavy atom. The summed E-state index contributed by atoms with van der Waals surface area (Å²) in [5, 5.41) is 9.56. The van der Waals surface area contributed by atoms with E-state index in [1.54, 1.807) is 42.1 Å². The Kier molecular flexibility index (Phi) is 4.54. The quantitative estimate of drug-likeness (QED) is 0.447. The van der Waals surface area contributed by atoms with E-state index in [2.05, 4.69) is 15.2 Å². The maximum Gasteiger partial charge on any atom is 0.275 e. The number of hydrogen-bond donors (Lipinski definition) is 0. The van der Waals surface area contributed by atoms with Gasteiger partial charge >= 0.3 is 0 Å². The molecule has 5 rings (SSSR count). The van der Waals surface area contributed by atoms with Gasteiger partial charge in [-0.15, -0.1) is 0 Å². The molecule has 0 spiro atoms. The van der Waals surface area contributed by atoms with Crippen LogP contribution in [0.2, 0.25) is 0 Å². The van der Waals surface area contributed by atoms with E-state index in [4.69, 9.17) is 0 Å². The molecule has 0 radical (unpaired) electrons. The normalized spacial score (nSPS) is 15.9. The Balaban J connectivity index is 1.55. The molecule has 4 heterocycles. The van der Waals surface area contributed by atoms with Crippen LogP contribution >= 0.6 is 0 Å². The average Bonchev–Trinajstić information content (AvgIpc) is 3.31. The van der Waals surface area contributed by atoms with Crippen molar-refractivity contribution in [3.63, 3.8) is 0 Å². The molecule has 1 amide bonds. The Bertz CT molecular complexity index is 1370. The molecule has 1 aromatic carbocycles. The van der Waals surface area contributed by atoms with E-state index in [0.29, 0.717) is 35.6 Å². The number of amides is 1. The van der Waals surface area contributed by atoms with E-state index in [1.807, 2.05) is 6.92 Å². The minimum Gasteiger partial charge on any atom is -0.328 e. The average molecular weight is 440 g/mol. The first-order valence-corrected chi connectivity index (χ1v) is 10.1. The number of fused-ring (bicyclic) bond motifs is 2. The second-order valence-electron chi connectivity index (χ2n) is 7.88. The molecule has 1 aliphatic rings. The van der Waals surface area contributed by atoms with Crippen molar-refractivity contribution in [1.82, 2.24) is 29.4 Å². The lowest BCUT2D eigenvalue weighted by Gasteiger charge is -2.32. The van der Waals surface area contributed by atoms with E-state index in [1.165, 1.54) is 4.68 Å². The lowest BCUT2D eigenvalue weighted by molar-refractivity contribution is 0.0669. The number of nitrogens with zero attached hydrogens (tertiary/aromatic N) is 6. The fourth-order valence-corrected chi connectivity index (χ4v) is 4.49. The summed E-state index contributed by atoms with van der Waals surface area (Å²) in [6.45, 7) is 2.22. The number of hydrogen-bond acceptors (Lipinski definition) is 4. The van der Waals surface area contributed by atoms with Crippen molar-refractivity contribution >= 4 is 16.8 Å². The van der Waals surface area contributed by atoms with Crippen molar-refractivity contribution in [3.8, 4) is 11.3 Å². The second kappa shape index (κ2) is 7.18. The minimum atomic E-state index is -1.51. The molecule has 0 saturated heterocycles. The predicted octanol–water partition coefficient (Wildman–Crippen LogP) is 3.55. The van der Waals surface area contributed by atoms with E-state index >= 15 is 0 Å². The monoisotopic (exact) mass is 440 g/mol. The topological polar surface area (TPSA) is 68.8 Å². The van der Waals surface area contributed by atoms with Crippen LogP contribution in [0.15, 0.2) is 30.6 Å². The van der Waals surface area contributed by atoms with Crippen LogP contribution < -0.4 is 0 Å². The molecule has 1 atom stereocenters. The number of aryl methyl sites for hydroxylation is 2. The summed E-state index contributed by atoms with van der Waals surface area (Å²) in [6, 6.07) is 3.32. The number of aromatic nitrogens is 5. The SMILES string of the molecule is C[C@H]1c2nn(C)c(-c3cc(F)c(F)c(F)c3)c2CCN1C(=O)c1nccc2cnn(C)c12. The second-order valence-corrected chi connectivity index (χ2v) is 7.88. The third kappa shape index (κ3) is 2.89. The van der Waals surface area contributed by atoms with Gasteiger partial charge in [-0.25, -0.2) is 18.2 Å². The molecule has 0 aliphatic carbocycles. The zero-order valence-electron chi connectivity index (χ0n) is 17.6. The first-order chi connectivity index (χ1) is 15.3. The molecule has 0 unspecified atom stereocenters. The molecule has 0 fully saturated rings. The van der Waals surface area contributed by atoms with Gasteiger partial charge in [-0.05, 0) is 31.5 Å². The lowest BCUT2D eigenvalue weighted by Crippen LogP contribution is -2.39. The first-order valence-electron chi connectivity index (χ1n) is 10.1. The maximum absolute atomic E-state index is 13.9. The Morgan fingerprint density at radius 1 is 1.12 bits per heavy atom. The van der Waals surface area contributed by atoms with Gasteiger partial charge in [-0.2, -0.15) is 10.2 Å². The summed E-state index contributed by atoms with van der Waals surface area (Å²) >= 11 is 0. The van der Waals surface area contributed by atoms with Crippen LogP contribution in [0, 0.1) is 17.5 Å². The zero-order valence-corrected chi connectivity index (χ0v) is 17.6. The minimum absolute atomic E-state index is 0.200. The molecule has 1 aliphatic heterocycles. The molecule has 10 heteroatoms. The van der Waals surface area contributed by atoms with E-state index in [9.17, 15) is 18.0 Å². The van der Waals surface area contributed by atoms with E-state index in [-0.39, 0.29) is 11.5 Å². The zero-order chi connectivity index (χ0) is 22.7. The summed E-state index contributed by atoms with van der Waals surface area (Å²) in [7, 11) is 3.41. The van der Waals surface area contributed by atoms with Crippen LogP contribution in [0.5, 0.6) is 0 Å². The molecule has 0 bridgehead atoms. The Hall–Kier alpha value is -3.69. The van der Waals surface area contributed by atoms with Gasteiger partial charge in [0, 0.05) is 43.4 Å². The molecule has 3 aromatic heterocycles. The third-order valence-corrected chi connectivity index (χ3v) is 6.01. The van der Waals surface area contributed by atoms with Crippen molar-refractivity contribution in [2.75, 3.05) is 6.54 Å². The number of rotatable bonds is 2. The number of carbonyl (C=O) groups is 1. The van der Waals surface area contributed by atoms with Crippen LogP contribution in [0.25, 0.3) is 22.2 Å². The number of benzene rings is 1. The molecule has 164 valence electrons. The van der Waals surface area contributed by atoms with Crippen LogP contribution in [0.4, 0.5) is 13.2 Å². The lowest BCUT2D eigenvalue weighted by atomic mass is 9.95. The molecular weight excluding hydrogens is 421 g/mol. The van der Waals surface area contributed by atoms with Crippen molar-refractivity contribution in [1.29, 1.82) is 0 Å². The van der Waals surface area contributed by atoms with Crippen LogP contribution in [-0.2, 0) is 20.5 Å². The highest BCUT2D eigenvalue weighted by Crippen LogP contribution is 2.37. The maximum atomic E-state index is 13.9. The van der Waals surface area contributed by atoms with Gasteiger partial charge in [0.25, 0.3) is 5.91 Å². The largest absolute Gasteiger partial charge is 0.328 e. The third-order valence-electron chi connectivity index (χ3n) is 6.01. The first kappa shape index (κ1) is 20.2. The molecule has 4 aromatic rings. The molecular formula is C22H19F3N6O. The van der Waals surface area contributed by atoms with Gasteiger partial charge in [-0.1, -0.05) is 0 Å². The highest BCUT2D eigenvalue weighted by Gasteiger charge is 2.35. The van der Waals surface area contributed by atoms with Gasteiger partial charge in [0.05, 0.1) is 29.1 Å². The molecule has 7 nitrogen and oxygen atoms in total. The van der Waals surface area contributed by atoms with Crippen LogP contribution in [0.3, 0.4) is 0 Å². The summed E-state index contributed by atoms with van der Waals surface area (Å²) in [6.07, 6.45) is 3.68. The summed E-state index contributed by atoms with van der Waals surface area (Å²) < 4.78 is 44.3. The number of pyridine rings is 1. The van der Waals surface area contributed by atoms with Crippen LogP contribution in [-0.4, -0.2) is 41.9 Å². The Morgan fingerprint density at radius 3 is 2.56 bits per heavy atom. The smallest absolute Gasteiger partial charge is 0.275 e. The van der Waals surface area contributed by atoms with E-state index in [0.717, 1.165) is 23.1 Å². The fourth-order valence-electron chi connectivity index (χ4n) is 4.49. The van der Waals surface area contributed by atoms with Crippen molar-refractivity contribution < 1.29 is 18.0 Å². The standard InChI is InChI=1S/C22H19F3N6O/c1-11-18-14(20(30(3)28-18)13-8-15(23)17(25)16(24)9-13)5-7-31(11)22(32)19-21-12(4-6-26-19)10-27-29(21)2/h4,6,8-11H,5,7H2,1-3H3/t11-/m0/s1. The highest BCUT2D eigenvalue weighted by atomic mass is 19.2. The van der Waals surface area contributed by atoms with Gasteiger partial charge in [0.1, 0.15) is 0 Å². The molecule has 0 N–H and O–H groups in total.